The third kappa shape index (κ3) is 2.45. The fraction of sp³-hybridized carbons (Fsp3) is 0.188. The van der Waals surface area contributed by atoms with Gasteiger partial charge in [0.1, 0.15) is 0 Å². The molecular formula is C16H17N3. The van der Waals surface area contributed by atoms with Crippen molar-refractivity contribution in [2.24, 2.45) is 0 Å². The minimum Gasteiger partial charge on any atom is -0.384 e. The molecule has 0 aliphatic heterocycles. The summed E-state index contributed by atoms with van der Waals surface area (Å²) < 4.78 is 0. The summed E-state index contributed by atoms with van der Waals surface area (Å²) in [5, 5.41) is 11.7. The second-order valence-corrected chi connectivity index (χ2v) is 4.83. The van der Waals surface area contributed by atoms with Gasteiger partial charge >= 0.3 is 0 Å². The summed E-state index contributed by atoms with van der Waals surface area (Å²) in [6.45, 7) is 3.14. The summed E-state index contributed by atoms with van der Waals surface area (Å²) in [5.41, 5.74) is 3.56. The van der Waals surface area contributed by atoms with Gasteiger partial charge in [-0.3, -0.25) is 5.10 Å². The van der Waals surface area contributed by atoms with Crippen molar-refractivity contribution in [3.05, 3.63) is 60.3 Å². The van der Waals surface area contributed by atoms with Crippen LogP contribution in [0, 0.1) is 0 Å². The normalized spacial score (nSPS) is 12.5. The number of hydrogen-bond acceptors (Lipinski definition) is 2. The first-order valence-electron chi connectivity index (χ1n) is 6.55. The predicted molar refractivity (Wildman–Crippen MR) is 79.4 cm³/mol. The van der Waals surface area contributed by atoms with Gasteiger partial charge in [0.15, 0.2) is 0 Å². The van der Waals surface area contributed by atoms with Crippen LogP contribution in [-0.2, 0) is 0 Å². The molecular weight excluding hydrogens is 234 g/mol. The zero-order valence-electron chi connectivity index (χ0n) is 10.9. The molecule has 0 saturated carbocycles. The molecule has 3 aromatic rings. The van der Waals surface area contributed by atoms with Crippen molar-refractivity contribution in [3.63, 3.8) is 0 Å². The molecule has 0 radical (unpaired) electrons. The molecule has 96 valence electrons. The molecule has 0 fully saturated rings. The molecule has 1 aromatic heterocycles. The number of aromatic amines is 1. The van der Waals surface area contributed by atoms with Crippen molar-refractivity contribution < 1.29 is 0 Å². The molecule has 0 bridgehead atoms. The Hall–Kier alpha value is -2.29. The summed E-state index contributed by atoms with van der Waals surface area (Å²) in [5.74, 6) is 0.475. The lowest BCUT2D eigenvalue weighted by molar-refractivity contribution is 0.806. The van der Waals surface area contributed by atoms with Crippen LogP contribution < -0.4 is 5.32 Å². The number of hydrogen-bond donors (Lipinski definition) is 2. The van der Waals surface area contributed by atoms with E-state index in [9.17, 15) is 0 Å². The molecule has 3 heteroatoms. The predicted octanol–water partition coefficient (Wildman–Crippen LogP) is 3.78. The third-order valence-electron chi connectivity index (χ3n) is 3.45. The van der Waals surface area contributed by atoms with Crippen LogP contribution in [-0.4, -0.2) is 16.7 Å². The molecule has 0 spiro atoms. The summed E-state index contributed by atoms with van der Waals surface area (Å²) >= 11 is 0. The standard InChI is InChI=1S/C16H17N3/c1-12(13-6-3-2-4-7-13)10-17-15-8-5-9-16-14(15)11-18-19-16/h2-9,11-12,17H,10H2,1H3,(H,18,19). The van der Waals surface area contributed by atoms with Gasteiger partial charge in [-0.05, 0) is 23.6 Å². The smallest absolute Gasteiger partial charge is 0.0671 e. The molecule has 2 N–H and O–H groups in total. The molecule has 2 aromatic carbocycles. The minimum atomic E-state index is 0.475. The summed E-state index contributed by atoms with van der Waals surface area (Å²) in [7, 11) is 0. The second-order valence-electron chi connectivity index (χ2n) is 4.83. The Morgan fingerprint density at radius 2 is 1.95 bits per heavy atom. The highest BCUT2D eigenvalue weighted by Crippen LogP contribution is 2.22. The minimum absolute atomic E-state index is 0.475. The highest BCUT2D eigenvalue weighted by molar-refractivity contribution is 5.90. The van der Waals surface area contributed by atoms with Crippen LogP contribution in [0.1, 0.15) is 18.4 Å². The molecule has 19 heavy (non-hydrogen) atoms. The van der Waals surface area contributed by atoms with E-state index in [0.29, 0.717) is 5.92 Å². The Morgan fingerprint density at radius 1 is 1.11 bits per heavy atom. The molecule has 1 unspecified atom stereocenters. The number of nitrogens with one attached hydrogen (secondary N) is 2. The monoisotopic (exact) mass is 251 g/mol. The van der Waals surface area contributed by atoms with Crippen LogP contribution in [0.2, 0.25) is 0 Å². The molecule has 0 aliphatic rings. The molecule has 3 nitrogen and oxygen atoms in total. The van der Waals surface area contributed by atoms with E-state index < -0.39 is 0 Å². The van der Waals surface area contributed by atoms with Gasteiger partial charge < -0.3 is 5.32 Å². The van der Waals surface area contributed by atoms with Gasteiger partial charge in [0.05, 0.1) is 11.7 Å². The van der Waals surface area contributed by atoms with E-state index in [1.165, 1.54) is 5.56 Å². The third-order valence-corrected chi connectivity index (χ3v) is 3.45. The van der Waals surface area contributed by atoms with E-state index in [0.717, 1.165) is 23.1 Å². The lowest BCUT2D eigenvalue weighted by Gasteiger charge is -2.14. The van der Waals surface area contributed by atoms with E-state index in [2.05, 4.69) is 58.8 Å². The van der Waals surface area contributed by atoms with E-state index in [4.69, 9.17) is 0 Å². The van der Waals surface area contributed by atoms with Gasteiger partial charge in [0, 0.05) is 17.6 Å². The summed E-state index contributed by atoms with van der Waals surface area (Å²) in [4.78, 5) is 0. The topological polar surface area (TPSA) is 40.7 Å². The number of H-pyrrole nitrogens is 1. The number of rotatable bonds is 4. The fourth-order valence-electron chi connectivity index (χ4n) is 2.28. The van der Waals surface area contributed by atoms with E-state index in [-0.39, 0.29) is 0 Å². The Kier molecular flexibility index (Phi) is 3.19. The lowest BCUT2D eigenvalue weighted by atomic mass is 10.0. The molecule has 1 atom stereocenters. The molecule has 0 aliphatic carbocycles. The van der Waals surface area contributed by atoms with Crippen molar-refractivity contribution in [1.82, 2.24) is 10.2 Å². The van der Waals surface area contributed by atoms with Crippen LogP contribution in [0.15, 0.2) is 54.7 Å². The number of benzene rings is 2. The summed E-state index contributed by atoms with van der Waals surface area (Å²) in [6.07, 6.45) is 1.87. The zero-order valence-corrected chi connectivity index (χ0v) is 10.9. The van der Waals surface area contributed by atoms with Crippen molar-refractivity contribution in [2.45, 2.75) is 12.8 Å². The Labute approximate surface area is 112 Å². The highest BCUT2D eigenvalue weighted by atomic mass is 15.1. The molecule has 1 heterocycles. The molecule has 3 rings (SSSR count). The van der Waals surface area contributed by atoms with Crippen LogP contribution in [0.5, 0.6) is 0 Å². The van der Waals surface area contributed by atoms with Crippen molar-refractivity contribution >= 4 is 16.6 Å². The van der Waals surface area contributed by atoms with Crippen LogP contribution in [0.25, 0.3) is 10.9 Å². The first-order valence-corrected chi connectivity index (χ1v) is 6.55. The summed E-state index contributed by atoms with van der Waals surface area (Å²) in [6, 6.07) is 16.7. The number of fused-ring (bicyclic) bond motifs is 1. The van der Waals surface area contributed by atoms with Gasteiger partial charge in [0.25, 0.3) is 0 Å². The molecule has 0 saturated heterocycles. The van der Waals surface area contributed by atoms with Gasteiger partial charge in [-0.1, -0.05) is 43.3 Å². The van der Waals surface area contributed by atoms with Crippen molar-refractivity contribution in [2.75, 3.05) is 11.9 Å². The largest absolute Gasteiger partial charge is 0.384 e. The van der Waals surface area contributed by atoms with E-state index in [1.54, 1.807) is 0 Å². The SMILES string of the molecule is CC(CNc1cccc2[nH]ncc12)c1ccccc1. The Morgan fingerprint density at radius 3 is 2.79 bits per heavy atom. The quantitative estimate of drug-likeness (QED) is 0.741. The van der Waals surface area contributed by atoms with Crippen LogP contribution >= 0.6 is 0 Å². The second kappa shape index (κ2) is 5.14. The zero-order chi connectivity index (χ0) is 13.1. The Bertz CT molecular complexity index is 658. The van der Waals surface area contributed by atoms with Gasteiger partial charge in [0.2, 0.25) is 0 Å². The van der Waals surface area contributed by atoms with E-state index in [1.807, 2.05) is 18.3 Å². The Balaban J connectivity index is 1.74. The fourth-order valence-corrected chi connectivity index (χ4v) is 2.28. The van der Waals surface area contributed by atoms with Crippen LogP contribution in [0.4, 0.5) is 5.69 Å². The van der Waals surface area contributed by atoms with Crippen LogP contribution in [0.3, 0.4) is 0 Å². The number of nitrogens with zero attached hydrogens (tertiary/aromatic N) is 1. The highest BCUT2D eigenvalue weighted by Gasteiger charge is 2.06. The van der Waals surface area contributed by atoms with Gasteiger partial charge in [-0.25, -0.2) is 0 Å². The first kappa shape index (κ1) is 11.8. The average Bonchev–Trinajstić information content (AvgIpc) is 2.94. The maximum absolute atomic E-state index is 4.08. The van der Waals surface area contributed by atoms with Crippen molar-refractivity contribution in [3.8, 4) is 0 Å². The van der Waals surface area contributed by atoms with E-state index >= 15 is 0 Å². The lowest BCUT2D eigenvalue weighted by Crippen LogP contribution is -2.09. The number of anilines is 1. The first-order chi connectivity index (χ1) is 9.34. The maximum atomic E-state index is 4.08. The van der Waals surface area contributed by atoms with Gasteiger partial charge in [-0.2, -0.15) is 5.10 Å². The molecule has 0 amide bonds. The maximum Gasteiger partial charge on any atom is 0.0671 e. The number of aromatic nitrogens is 2. The van der Waals surface area contributed by atoms with Crippen molar-refractivity contribution in [1.29, 1.82) is 0 Å². The van der Waals surface area contributed by atoms with Gasteiger partial charge in [-0.15, -0.1) is 0 Å². The average molecular weight is 251 g/mol.